The molecule has 0 radical (unpaired) electrons. The Morgan fingerprint density at radius 2 is 1.75 bits per heavy atom. The third-order valence-corrected chi connectivity index (χ3v) is 8.14. The van der Waals surface area contributed by atoms with Gasteiger partial charge in [-0.2, -0.15) is 8.78 Å². The van der Waals surface area contributed by atoms with Crippen molar-refractivity contribution in [2.75, 3.05) is 25.1 Å². The Morgan fingerprint density at radius 1 is 1.02 bits per heavy atom. The molecular weight excluding hydrogens is 624 g/mol. The molecule has 2 aromatic carbocycles. The number of hydrogen-bond acceptors (Lipinski definition) is 8. The van der Waals surface area contributed by atoms with Crippen LogP contribution in [0.1, 0.15) is 73.3 Å². The van der Waals surface area contributed by atoms with Crippen LogP contribution in [0.15, 0.2) is 60.7 Å². The summed E-state index contributed by atoms with van der Waals surface area (Å²) in [6.07, 6.45) is 1.55. The fourth-order valence-corrected chi connectivity index (χ4v) is 5.38. The van der Waals surface area contributed by atoms with Gasteiger partial charge in [0.05, 0.1) is 12.3 Å². The van der Waals surface area contributed by atoms with Gasteiger partial charge < -0.3 is 23.8 Å². The van der Waals surface area contributed by atoms with Crippen LogP contribution in [0.2, 0.25) is 0 Å². The second kappa shape index (κ2) is 14.6. The summed E-state index contributed by atoms with van der Waals surface area (Å²) in [5, 5.41) is 0. The van der Waals surface area contributed by atoms with Gasteiger partial charge in [-0.05, 0) is 94.8 Å². The van der Waals surface area contributed by atoms with E-state index < -0.39 is 30.3 Å². The van der Waals surface area contributed by atoms with Crippen molar-refractivity contribution in [1.29, 1.82) is 0 Å². The third kappa shape index (κ3) is 8.99. The average molecular weight is 666 g/mol. The molecule has 2 fully saturated rings. The largest absolute Gasteiger partial charge is 0.489 e. The smallest absolute Gasteiger partial charge is 0.411 e. The molecular formula is C36H41F2N3O7. The number of alkyl halides is 2. The number of benzene rings is 2. The van der Waals surface area contributed by atoms with Crippen molar-refractivity contribution >= 4 is 23.7 Å². The predicted molar refractivity (Wildman–Crippen MR) is 173 cm³/mol. The predicted octanol–water partition coefficient (Wildman–Crippen LogP) is 6.89. The van der Waals surface area contributed by atoms with E-state index in [1.165, 1.54) is 15.9 Å². The topological polar surface area (TPSA) is 108 Å². The van der Waals surface area contributed by atoms with Crippen molar-refractivity contribution in [2.45, 2.75) is 77.7 Å². The summed E-state index contributed by atoms with van der Waals surface area (Å²) in [6, 6.07) is 16.1. The highest BCUT2D eigenvalue weighted by atomic mass is 19.3. The van der Waals surface area contributed by atoms with Crippen molar-refractivity contribution in [3.05, 3.63) is 83.2 Å². The average Bonchev–Trinajstić information content (AvgIpc) is 3.76. The van der Waals surface area contributed by atoms with Gasteiger partial charge in [-0.3, -0.25) is 9.69 Å². The van der Waals surface area contributed by atoms with Crippen LogP contribution in [0.5, 0.6) is 11.5 Å². The van der Waals surface area contributed by atoms with Crippen LogP contribution in [-0.4, -0.2) is 66.3 Å². The molecule has 0 spiro atoms. The number of pyridine rings is 1. The summed E-state index contributed by atoms with van der Waals surface area (Å²) in [4.78, 5) is 47.2. The number of esters is 1. The van der Waals surface area contributed by atoms with Crippen LogP contribution in [0.25, 0.3) is 0 Å². The van der Waals surface area contributed by atoms with E-state index in [-0.39, 0.29) is 48.6 Å². The number of rotatable bonds is 11. The number of carbonyl (C=O) groups excluding carboxylic acids is 3. The second-order valence-corrected chi connectivity index (χ2v) is 13.2. The molecule has 0 bridgehead atoms. The number of nitrogens with zero attached hydrogens (tertiary/aromatic N) is 3. The minimum atomic E-state index is -3.02. The number of anilines is 1. The molecule has 1 saturated carbocycles. The maximum atomic E-state index is 13.5. The first-order valence-corrected chi connectivity index (χ1v) is 16.0. The normalized spacial score (nSPS) is 17.6. The molecule has 1 aromatic heterocycles. The molecule has 48 heavy (non-hydrogen) atoms. The van der Waals surface area contributed by atoms with Crippen LogP contribution in [-0.2, 0) is 20.9 Å². The van der Waals surface area contributed by atoms with Gasteiger partial charge in [0.1, 0.15) is 23.9 Å². The fourth-order valence-electron chi connectivity index (χ4n) is 5.38. The lowest BCUT2D eigenvalue weighted by molar-refractivity contribution is -0.150. The summed E-state index contributed by atoms with van der Waals surface area (Å²) < 4.78 is 48.0. The number of hydrogen-bond donors (Lipinski definition) is 0. The zero-order valence-corrected chi connectivity index (χ0v) is 27.8. The van der Waals surface area contributed by atoms with Crippen LogP contribution < -0.4 is 14.4 Å². The number of aromatic nitrogens is 1. The molecule has 5 rings (SSSR count). The van der Waals surface area contributed by atoms with E-state index in [9.17, 15) is 23.2 Å². The number of carbonyl (C=O) groups is 3. The van der Waals surface area contributed by atoms with Gasteiger partial charge >= 0.3 is 18.7 Å². The van der Waals surface area contributed by atoms with Gasteiger partial charge in [-0.15, -0.1) is 0 Å². The molecule has 0 unspecified atom stereocenters. The Morgan fingerprint density at radius 3 is 2.42 bits per heavy atom. The maximum Gasteiger partial charge on any atom is 0.411 e. The summed E-state index contributed by atoms with van der Waals surface area (Å²) >= 11 is 0. The monoisotopic (exact) mass is 665 g/mol. The van der Waals surface area contributed by atoms with Crippen LogP contribution in [0.4, 0.5) is 19.3 Å². The molecule has 0 N–H and O–H groups in total. The zero-order valence-electron chi connectivity index (χ0n) is 27.8. The van der Waals surface area contributed by atoms with Crippen molar-refractivity contribution in [3.8, 4) is 11.5 Å². The molecule has 1 aliphatic heterocycles. The van der Waals surface area contributed by atoms with Gasteiger partial charge in [0.2, 0.25) is 0 Å². The molecule has 2 aliphatic rings. The SMILES string of the molecule is Cc1ccc(N(C)C(=O)c2cccc(COC(=O)[C@H]3C[C@@H](c4ccc(OC(F)F)c(OCC5CC5)c4)CN3C(=O)OC(C)(C)C)n2)cc1. The number of aryl methyl sites for hydroxylation is 1. The van der Waals surface area contributed by atoms with Gasteiger partial charge in [0, 0.05) is 25.2 Å². The fraction of sp³-hybridized carbons (Fsp3) is 0.444. The Labute approximate surface area is 278 Å². The molecule has 256 valence electrons. The minimum Gasteiger partial charge on any atom is -0.489 e. The Bertz CT molecular complexity index is 1620. The Hall–Kier alpha value is -4.74. The Balaban J connectivity index is 1.30. The van der Waals surface area contributed by atoms with E-state index >= 15 is 0 Å². The van der Waals surface area contributed by atoms with Crippen molar-refractivity contribution in [1.82, 2.24) is 9.88 Å². The molecule has 1 aliphatic carbocycles. The molecule has 2 atom stereocenters. The highest BCUT2D eigenvalue weighted by Gasteiger charge is 2.43. The molecule has 2 heterocycles. The summed E-state index contributed by atoms with van der Waals surface area (Å²) in [5.41, 5.74) is 2.20. The van der Waals surface area contributed by atoms with Gasteiger partial charge in [-0.25, -0.2) is 14.6 Å². The molecule has 12 heteroatoms. The van der Waals surface area contributed by atoms with E-state index in [4.69, 9.17) is 14.2 Å². The molecule has 10 nitrogen and oxygen atoms in total. The highest BCUT2D eigenvalue weighted by Crippen LogP contribution is 2.39. The number of ether oxygens (including phenoxy) is 4. The first kappa shape index (κ1) is 34.6. The number of amides is 2. The zero-order chi connectivity index (χ0) is 34.6. The van der Waals surface area contributed by atoms with Crippen molar-refractivity contribution in [2.24, 2.45) is 5.92 Å². The molecule has 1 saturated heterocycles. The van der Waals surface area contributed by atoms with E-state index in [0.717, 1.165) is 18.4 Å². The Kier molecular flexibility index (Phi) is 10.5. The van der Waals surface area contributed by atoms with Gasteiger partial charge in [0.25, 0.3) is 5.91 Å². The minimum absolute atomic E-state index is 0.0781. The van der Waals surface area contributed by atoms with Crippen LogP contribution >= 0.6 is 0 Å². The first-order valence-electron chi connectivity index (χ1n) is 16.0. The molecule has 2 amide bonds. The van der Waals surface area contributed by atoms with E-state index in [0.29, 0.717) is 29.5 Å². The lowest BCUT2D eigenvalue weighted by Gasteiger charge is -2.27. The quantitative estimate of drug-likeness (QED) is 0.204. The van der Waals surface area contributed by atoms with Gasteiger partial charge in [-0.1, -0.05) is 29.8 Å². The standard InChI is InChI=1S/C36H41F2N3O7/c1-22-9-14-27(15-10-22)40(5)32(42)28-8-6-7-26(39-28)21-46-33(43)29-17-25(19-41(29)35(44)48-36(2,3)4)24-13-16-30(47-34(37)38)31(18-24)45-20-23-11-12-23/h6-10,13-16,18,23,25,29,34H,11-12,17,19-21H2,1-5H3/t25-,29-/m1/s1. The van der Waals surface area contributed by atoms with E-state index in [1.807, 2.05) is 31.2 Å². The lowest BCUT2D eigenvalue weighted by atomic mass is 9.96. The highest BCUT2D eigenvalue weighted by molar-refractivity contribution is 6.04. The second-order valence-electron chi connectivity index (χ2n) is 13.2. The maximum absolute atomic E-state index is 13.5. The lowest BCUT2D eigenvalue weighted by Crippen LogP contribution is -2.44. The molecule has 3 aromatic rings. The summed E-state index contributed by atoms with van der Waals surface area (Å²) in [5.74, 6) is -0.860. The third-order valence-electron chi connectivity index (χ3n) is 8.14. The van der Waals surface area contributed by atoms with Crippen LogP contribution in [0, 0.1) is 12.8 Å². The van der Waals surface area contributed by atoms with Gasteiger partial charge in [0.15, 0.2) is 11.5 Å². The summed E-state index contributed by atoms with van der Waals surface area (Å²) in [7, 11) is 1.66. The first-order chi connectivity index (χ1) is 22.8. The number of halogens is 2. The van der Waals surface area contributed by atoms with Crippen molar-refractivity contribution in [3.63, 3.8) is 0 Å². The van der Waals surface area contributed by atoms with Crippen LogP contribution in [0.3, 0.4) is 0 Å². The van der Waals surface area contributed by atoms with E-state index in [2.05, 4.69) is 9.72 Å². The van der Waals surface area contributed by atoms with Crippen molar-refractivity contribution < 1.29 is 42.1 Å². The van der Waals surface area contributed by atoms with E-state index in [1.54, 1.807) is 58.2 Å². The number of likely N-dealkylation sites (tertiary alicyclic amines) is 1. The summed E-state index contributed by atoms with van der Waals surface area (Å²) in [6.45, 7) is 4.41.